The molecule has 2 heterocycles. The van der Waals surface area contributed by atoms with E-state index in [1.807, 2.05) is 24.3 Å². The molecule has 4 aromatic rings. The van der Waals surface area contributed by atoms with E-state index in [9.17, 15) is 19.2 Å². The third kappa shape index (κ3) is 5.27. The lowest BCUT2D eigenvalue weighted by atomic mass is 10.1. The van der Waals surface area contributed by atoms with Gasteiger partial charge in [-0.05, 0) is 55.5 Å². The average Bonchev–Trinajstić information content (AvgIpc) is 3.56. The number of aryl methyl sites for hydroxylation is 1. The van der Waals surface area contributed by atoms with E-state index < -0.39 is 29.6 Å². The van der Waals surface area contributed by atoms with Gasteiger partial charge in [0.05, 0.1) is 0 Å². The van der Waals surface area contributed by atoms with Gasteiger partial charge in [-0.2, -0.15) is 0 Å². The molecule has 0 spiro atoms. The molecule has 0 bridgehead atoms. The van der Waals surface area contributed by atoms with Crippen molar-refractivity contribution in [3.8, 4) is 0 Å². The Kier molecular flexibility index (Phi) is 7.44. The van der Waals surface area contributed by atoms with Crippen LogP contribution >= 0.6 is 0 Å². The summed E-state index contributed by atoms with van der Waals surface area (Å²) in [5.74, 6) is -0.841. The average molecular weight is 517 g/mol. The van der Waals surface area contributed by atoms with E-state index in [-0.39, 0.29) is 23.7 Å². The molecule has 2 aromatic heterocycles. The van der Waals surface area contributed by atoms with E-state index in [0.717, 1.165) is 49.5 Å². The van der Waals surface area contributed by atoms with Gasteiger partial charge in [0.1, 0.15) is 24.2 Å². The molecule has 9 heteroatoms. The Hall–Kier alpha value is -4.14. The summed E-state index contributed by atoms with van der Waals surface area (Å²) >= 11 is 0. The number of para-hydroxylation sites is 1. The maximum Gasteiger partial charge on any atom is 0.332 e. The summed E-state index contributed by atoms with van der Waals surface area (Å²) in [6.07, 6.45) is 7.02. The molecule has 0 unspecified atom stereocenters. The van der Waals surface area contributed by atoms with Crippen molar-refractivity contribution < 1.29 is 14.0 Å². The lowest BCUT2D eigenvalue weighted by Gasteiger charge is -2.14. The van der Waals surface area contributed by atoms with Crippen molar-refractivity contribution >= 4 is 39.6 Å². The van der Waals surface area contributed by atoms with Crippen molar-refractivity contribution in [2.45, 2.75) is 71.0 Å². The number of carbonyl (C=O) groups excluding carboxylic acids is 2. The first-order valence-electron chi connectivity index (χ1n) is 13.3. The maximum absolute atomic E-state index is 13.6. The highest BCUT2D eigenvalue weighted by Gasteiger charge is 2.24. The highest BCUT2D eigenvalue weighted by Crippen LogP contribution is 2.25. The Morgan fingerprint density at radius 3 is 2.39 bits per heavy atom. The number of carbonyl (C=O) groups is 2. The first-order valence-corrected chi connectivity index (χ1v) is 13.3. The summed E-state index contributed by atoms with van der Waals surface area (Å²) in [6.45, 7) is 1.35. The second-order valence-corrected chi connectivity index (χ2v) is 9.93. The van der Waals surface area contributed by atoms with Crippen LogP contribution in [0.25, 0.3) is 22.1 Å². The van der Waals surface area contributed by atoms with Crippen molar-refractivity contribution in [3.63, 3.8) is 0 Å². The molecule has 0 aliphatic heterocycles. The van der Waals surface area contributed by atoms with Gasteiger partial charge >= 0.3 is 5.69 Å². The fourth-order valence-electron chi connectivity index (χ4n) is 5.15. The van der Waals surface area contributed by atoms with Crippen LogP contribution < -0.4 is 21.9 Å². The minimum Gasteiger partial charge on any atom is -0.449 e. The summed E-state index contributed by atoms with van der Waals surface area (Å²) in [5, 5.41) is 6.29. The number of amides is 2. The third-order valence-electron chi connectivity index (χ3n) is 7.12. The van der Waals surface area contributed by atoms with Crippen LogP contribution in [0.4, 0.5) is 5.69 Å². The van der Waals surface area contributed by atoms with Crippen LogP contribution in [0.3, 0.4) is 0 Å². The summed E-state index contributed by atoms with van der Waals surface area (Å²) in [4.78, 5) is 52.7. The molecule has 0 radical (unpaired) electrons. The Morgan fingerprint density at radius 1 is 0.947 bits per heavy atom. The highest BCUT2D eigenvalue weighted by atomic mass is 16.3. The van der Waals surface area contributed by atoms with Gasteiger partial charge < -0.3 is 15.1 Å². The van der Waals surface area contributed by atoms with Crippen molar-refractivity contribution in [3.05, 3.63) is 74.9 Å². The number of hydrogen-bond donors (Lipinski definition) is 2. The zero-order valence-corrected chi connectivity index (χ0v) is 21.5. The molecule has 1 aliphatic rings. The van der Waals surface area contributed by atoms with Crippen LogP contribution in [0.2, 0.25) is 0 Å². The molecule has 0 atom stereocenters. The summed E-state index contributed by atoms with van der Waals surface area (Å²) in [5.41, 5.74) is 0.976. The predicted octanol–water partition coefficient (Wildman–Crippen LogP) is 3.95. The van der Waals surface area contributed by atoms with Gasteiger partial charge in [0.2, 0.25) is 17.4 Å². The van der Waals surface area contributed by atoms with E-state index in [0.29, 0.717) is 16.7 Å². The molecule has 2 amide bonds. The van der Waals surface area contributed by atoms with Gasteiger partial charge in [-0.1, -0.05) is 50.5 Å². The van der Waals surface area contributed by atoms with E-state index in [1.165, 1.54) is 10.1 Å². The van der Waals surface area contributed by atoms with Gasteiger partial charge in [0.25, 0.3) is 5.56 Å². The first kappa shape index (κ1) is 25.5. The molecule has 1 fully saturated rings. The Bertz CT molecular complexity index is 1590. The van der Waals surface area contributed by atoms with Crippen molar-refractivity contribution in [2.75, 3.05) is 5.32 Å². The van der Waals surface area contributed by atoms with Gasteiger partial charge in [-0.25, -0.2) is 9.36 Å². The number of hydrogen-bond acceptors (Lipinski definition) is 5. The van der Waals surface area contributed by atoms with Crippen molar-refractivity contribution in [1.29, 1.82) is 0 Å². The Balaban J connectivity index is 1.47. The quantitative estimate of drug-likeness (QED) is 0.350. The lowest BCUT2D eigenvalue weighted by molar-refractivity contribution is -0.122. The summed E-state index contributed by atoms with van der Waals surface area (Å²) < 4.78 is 7.89. The van der Waals surface area contributed by atoms with E-state index >= 15 is 0 Å². The second-order valence-electron chi connectivity index (χ2n) is 9.93. The number of fused-ring (bicyclic) bond motifs is 3. The molecule has 1 saturated carbocycles. The number of anilines is 1. The van der Waals surface area contributed by atoms with Gasteiger partial charge in [0.15, 0.2) is 0 Å². The van der Waals surface area contributed by atoms with Crippen LogP contribution in [-0.2, 0) is 29.1 Å². The van der Waals surface area contributed by atoms with Crippen molar-refractivity contribution in [2.24, 2.45) is 0 Å². The summed E-state index contributed by atoms with van der Waals surface area (Å²) in [6, 6.07) is 14.6. The molecule has 9 nitrogen and oxygen atoms in total. The molecule has 198 valence electrons. The molecule has 2 N–H and O–H groups in total. The highest BCUT2D eigenvalue weighted by molar-refractivity contribution is 6.03. The zero-order valence-electron chi connectivity index (χ0n) is 21.5. The number of nitrogens with one attached hydrogen (secondary N) is 2. The summed E-state index contributed by atoms with van der Waals surface area (Å²) in [7, 11) is 0. The second kappa shape index (κ2) is 11.1. The maximum atomic E-state index is 13.6. The Morgan fingerprint density at radius 2 is 1.66 bits per heavy atom. The van der Waals surface area contributed by atoms with Gasteiger partial charge in [-0.3, -0.25) is 19.0 Å². The molecule has 2 aromatic carbocycles. The van der Waals surface area contributed by atoms with E-state index in [1.54, 1.807) is 24.3 Å². The van der Waals surface area contributed by atoms with E-state index in [4.69, 9.17) is 4.42 Å². The number of nitrogens with zero attached hydrogens (tertiary/aromatic N) is 2. The fourth-order valence-corrected chi connectivity index (χ4v) is 5.15. The number of benzene rings is 2. The molecule has 38 heavy (non-hydrogen) atoms. The molecule has 0 saturated heterocycles. The normalized spacial score (nSPS) is 13.8. The first-order chi connectivity index (χ1) is 18.4. The zero-order chi connectivity index (χ0) is 26.6. The number of aromatic nitrogens is 2. The molecular weight excluding hydrogens is 484 g/mol. The Labute approximate surface area is 219 Å². The number of furan rings is 1. The van der Waals surface area contributed by atoms with Crippen LogP contribution in [-0.4, -0.2) is 27.0 Å². The smallest absolute Gasteiger partial charge is 0.332 e. The monoisotopic (exact) mass is 516 g/mol. The lowest BCUT2D eigenvalue weighted by Crippen LogP contribution is -2.46. The van der Waals surface area contributed by atoms with Crippen LogP contribution in [0, 0.1) is 0 Å². The number of unbranched alkanes of at least 4 members (excludes halogenated alkanes) is 1. The minimum atomic E-state index is -0.735. The van der Waals surface area contributed by atoms with Crippen LogP contribution in [0.1, 0.15) is 51.0 Å². The SMILES string of the molecule is CCCCc1ccc(NC(=O)Cn2c(=O)n(CC(=O)NC3CCCC3)c(=O)c3oc4ccccc4c32)cc1. The predicted molar refractivity (Wildman–Crippen MR) is 146 cm³/mol. The molecule has 1 aliphatic carbocycles. The third-order valence-corrected chi connectivity index (χ3v) is 7.12. The topological polar surface area (TPSA) is 115 Å². The fraction of sp³-hybridized carbons (Fsp3) is 0.379. The van der Waals surface area contributed by atoms with Crippen LogP contribution in [0.15, 0.2) is 62.5 Å². The standard InChI is InChI=1S/C29H32N4O5/c1-2-3-8-19-13-15-21(16-14-19)31-24(34)17-32-26-22-11-6-7-12-23(22)38-27(26)28(36)33(29(32)37)18-25(35)30-20-9-4-5-10-20/h6-7,11-16,20H,2-5,8-10,17-18H2,1H3,(H,30,35)(H,31,34). The minimum absolute atomic E-state index is 0.0505. The van der Waals surface area contributed by atoms with Crippen LogP contribution in [0.5, 0.6) is 0 Å². The van der Waals surface area contributed by atoms with Gasteiger partial charge in [-0.15, -0.1) is 0 Å². The molecular formula is C29H32N4O5. The molecule has 5 rings (SSSR count). The van der Waals surface area contributed by atoms with Crippen molar-refractivity contribution in [1.82, 2.24) is 14.5 Å². The van der Waals surface area contributed by atoms with Gasteiger partial charge in [0, 0.05) is 17.1 Å². The number of rotatable bonds is 9. The largest absolute Gasteiger partial charge is 0.449 e. The van der Waals surface area contributed by atoms with E-state index in [2.05, 4.69) is 17.6 Å².